The lowest BCUT2D eigenvalue weighted by Crippen LogP contribution is -2.40. The number of piperidine rings is 1. The van der Waals surface area contributed by atoms with E-state index in [2.05, 4.69) is 23.8 Å². The molecular formula is C15H25N3O. The summed E-state index contributed by atoms with van der Waals surface area (Å²) in [4.78, 5) is 14.7. The lowest BCUT2D eigenvalue weighted by Gasteiger charge is -2.35. The van der Waals surface area contributed by atoms with Crippen LogP contribution < -0.4 is 0 Å². The molecule has 1 aromatic heterocycles. The van der Waals surface area contributed by atoms with Crippen LogP contribution in [0, 0.1) is 12.8 Å². The molecule has 1 saturated heterocycles. The second-order valence-corrected chi connectivity index (χ2v) is 6.02. The molecule has 0 aliphatic carbocycles. The van der Waals surface area contributed by atoms with Crippen molar-refractivity contribution in [2.75, 3.05) is 13.1 Å². The zero-order valence-electron chi connectivity index (χ0n) is 12.5. The van der Waals surface area contributed by atoms with Crippen molar-refractivity contribution in [2.45, 2.75) is 46.1 Å². The molecule has 0 radical (unpaired) electrons. The van der Waals surface area contributed by atoms with E-state index >= 15 is 0 Å². The highest BCUT2D eigenvalue weighted by Crippen LogP contribution is 2.22. The number of aryl methyl sites for hydroxylation is 2. The summed E-state index contributed by atoms with van der Waals surface area (Å²) < 4.78 is 1.77. The summed E-state index contributed by atoms with van der Waals surface area (Å²) in [6.07, 6.45) is 3.01. The van der Waals surface area contributed by atoms with Gasteiger partial charge in [0, 0.05) is 31.7 Å². The number of hydrogen-bond donors (Lipinski definition) is 0. The predicted molar refractivity (Wildman–Crippen MR) is 76.3 cm³/mol. The van der Waals surface area contributed by atoms with E-state index in [4.69, 9.17) is 0 Å². The van der Waals surface area contributed by atoms with Crippen molar-refractivity contribution in [3.05, 3.63) is 17.5 Å². The Bertz CT molecular complexity index is 431. The molecule has 2 heterocycles. The number of hydrogen-bond acceptors (Lipinski definition) is 3. The van der Waals surface area contributed by atoms with Crippen LogP contribution >= 0.6 is 0 Å². The van der Waals surface area contributed by atoms with E-state index in [1.807, 2.05) is 20.0 Å². The molecule has 0 bridgehead atoms. The molecule has 0 aromatic carbocycles. The SMILES string of the molecule is Cc1cc(C(=O)C[C@@H]2CCCN(C(C)C)C2)nn1C. The number of rotatable bonds is 4. The number of ketones is 1. The molecule has 1 aromatic rings. The normalized spacial score (nSPS) is 21.0. The second-order valence-electron chi connectivity index (χ2n) is 6.02. The Hall–Kier alpha value is -1.16. The van der Waals surface area contributed by atoms with Gasteiger partial charge in [0.1, 0.15) is 5.69 Å². The molecule has 1 aliphatic heterocycles. The molecule has 0 spiro atoms. The average Bonchev–Trinajstić information content (AvgIpc) is 2.70. The molecule has 0 amide bonds. The molecule has 0 unspecified atom stereocenters. The van der Waals surface area contributed by atoms with Gasteiger partial charge in [0.2, 0.25) is 0 Å². The third-order valence-electron chi connectivity index (χ3n) is 4.15. The first-order chi connectivity index (χ1) is 8.97. The number of likely N-dealkylation sites (tertiary alicyclic amines) is 1. The maximum atomic E-state index is 12.3. The zero-order valence-corrected chi connectivity index (χ0v) is 12.5. The average molecular weight is 263 g/mol. The third-order valence-corrected chi connectivity index (χ3v) is 4.15. The maximum absolute atomic E-state index is 12.3. The third kappa shape index (κ3) is 3.44. The zero-order chi connectivity index (χ0) is 14.0. The minimum Gasteiger partial charge on any atom is -0.301 e. The van der Waals surface area contributed by atoms with E-state index < -0.39 is 0 Å². The van der Waals surface area contributed by atoms with Crippen LogP contribution in [0.1, 0.15) is 49.3 Å². The molecule has 1 aliphatic rings. The number of carbonyl (C=O) groups is 1. The van der Waals surface area contributed by atoms with Crippen molar-refractivity contribution in [1.29, 1.82) is 0 Å². The first kappa shape index (κ1) is 14.3. The summed E-state index contributed by atoms with van der Waals surface area (Å²) in [7, 11) is 1.88. The Kier molecular flexibility index (Phi) is 4.40. The molecule has 0 N–H and O–H groups in total. The van der Waals surface area contributed by atoms with Crippen LogP contribution in [0.25, 0.3) is 0 Å². The van der Waals surface area contributed by atoms with Gasteiger partial charge in [-0.2, -0.15) is 5.10 Å². The fraction of sp³-hybridized carbons (Fsp3) is 0.733. The number of nitrogens with zero attached hydrogens (tertiary/aromatic N) is 3. The van der Waals surface area contributed by atoms with Crippen LogP contribution in [0.5, 0.6) is 0 Å². The van der Waals surface area contributed by atoms with E-state index in [9.17, 15) is 4.79 Å². The molecule has 19 heavy (non-hydrogen) atoms. The minimum atomic E-state index is 0.194. The van der Waals surface area contributed by atoms with Gasteiger partial charge in [0.05, 0.1) is 0 Å². The second kappa shape index (κ2) is 5.87. The molecular weight excluding hydrogens is 238 g/mol. The monoisotopic (exact) mass is 263 g/mol. The lowest BCUT2D eigenvalue weighted by atomic mass is 9.91. The van der Waals surface area contributed by atoms with Crippen LogP contribution in [-0.4, -0.2) is 39.6 Å². The van der Waals surface area contributed by atoms with E-state index in [0.717, 1.165) is 12.2 Å². The summed E-state index contributed by atoms with van der Waals surface area (Å²) in [5.74, 6) is 0.685. The Balaban J connectivity index is 1.95. The smallest absolute Gasteiger partial charge is 0.183 e. The number of Topliss-reactive ketones (excluding diaryl/α,β-unsaturated/α-hetero) is 1. The molecule has 1 fully saturated rings. The molecule has 2 rings (SSSR count). The van der Waals surface area contributed by atoms with Crippen LogP contribution in [0.4, 0.5) is 0 Å². The molecule has 4 nitrogen and oxygen atoms in total. The van der Waals surface area contributed by atoms with Crippen molar-refractivity contribution in [1.82, 2.24) is 14.7 Å². The highest BCUT2D eigenvalue weighted by Gasteiger charge is 2.24. The van der Waals surface area contributed by atoms with Crippen molar-refractivity contribution in [3.63, 3.8) is 0 Å². The van der Waals surface area contributed by atoms with Gasteiger partial charge in [-0.05, 0) is 52.1 Å². The molecule has 0 saturated carbocycles. The molecule has 4 heteroatoms. The summed E-state index contributed by atoms with van der Waals surface area (Å²) in [5, 5.41) is 4.28. The van der Waals surface area contributed by atoms with Gasteiger partial charge in [0.25, 0.3) is 0 Å². The van der Waals surface area contributed by atoms with Crippen molar-refractivity contribution < 1.29 is 4.79 Å². The number of carbonyl (C=O) groups excluding carboxylic acids is 1. The van der Waals surface area contributed by atoms with Gasteiger partial charge >= 0.3 is 0 Å². The van der Waals surface area contributed by atoms with E-state index in [-0.39, 0.29) is 5.78 Å². The first-order valence-electron chi connectivity index (χ1n) is 7.25. The summed E-state index contributed by atoms with van der Waals surface area (Å²) in [5.41, 5.74) is 1.66. The van der Waals surface area contributed by atoms with Crippen molar-refractivity contribution in [2.24, 2.45) is 13.0 Å². The Morgan fingerprint density at radius 1 is 1.53 bits per heavy atom. The summed E-state index contributed by atoms with van der Waals surface area (Å²) >= 11 is 0. The van der Waals surface area contributed by atoms with Crippen LogP contribution in [0.2, 0.25) is 0 Å². The van der Waals surface area contributed by atoms with E-state index in [1.165, 1.54) is 19.4 Å². The first-order valence-corrected chi connectivity index (χ1v) is 7.25. The van der Waals surface area contributed by atoms with Crippen LogP contribution in [0.15, 0.2) is 6.07 Å². The molecule has 106 valence electrons. The fourth-order valence-electron chi connectivity index (χ4n) is 2.80. The summed E-state index contributed by atoms with van der Waals surface area (Å²) in [6.45, 7) is 8.66. The van der Waals surface area contributed by atoms with Gasteiger partial charge in [0.15, 0.2) is 5.78 Å². The quantitative estimate of drug-likeness (QED) is 0.783. The van der Waals surface area contributed by atoms with Crippen LogP contribution in [0.3, 0.4) is 0 Å². The Morgan fingerprint density at radius 2 is 2.26 bits per heavy atom. The van der Waals surface area contributed by atoms with Crippen molar-refractivity contribution in [3.8, 4) is 0 Å². The summed E-state index contributed by atoms with van der Waals surface area (Å²) in [6, 6.07) is 2.47. The maximum Gasteiger partial charge on any atom is 0.183 e. The predicted octanol–water partition coefficient (Wildman–Crippen LogP) is 2.42. The molecule has 1 atom stereocenters. The fourth-order valence-corrected chi connectivity index (χ4v) is 2.80. The lowest BCUT2D eigenvalue weighted by molar-refractivity contribution is 0.0885. The van der Waals surface area contributed by atoms with E-state index in [1.54, 1.807) is 4.68 Å². The van der Waals surface area contributed by atoms with Gasteiger partial charge < -0.3 is 4.90 Å². The Labute approximate surface area is 115 Å². The van der Waals surface area contributed by atoms with Crippen molar-refractivity contribution >= 4 is 5.78 Å². The van der Waals surface area contributed by atoms with Gasteiger partial charge in [-0.3, -0.25) is 9.48 Å². The van der Waals surface area contributed by atoms with Crippen LogP contribution in [-0.2, 0) is 7.05 Å². The standard InChI is InChI=1S/C15H25N3O/c1-11(2)18-7-5-6-13(10-18)9-15(19)14-8-12(3)17(4)16-14/h8,11,13H,5-7,9-10H2,1-4H3/t13-/m0/s1. The largest absolute Gasteiger partial charge is 0.301 e. The van der Waals surface area contributed by atoms with Gasteiger partial charge in [-0.25, -0.2) is 0 Å². The topological polar surface area (TPSA) is 38.1 Å². The Morgan fingerprint density at radius 3 is 2.84 bits per heavy atom. The van der Waals surface area contributed by atoms with E-state index in [0.29, 0.717) is 24.1 Å². The van der Waals surface area contributed by atoms with Gasteiger partial charge in [-0.1, -0.05) is 0 Å². The number of aromatic nitrogens is 2. The van der Waals surface area contributed by atoms with Gasteiger partial charge in [-0.15, -0.1) is 0 Å². The highest BCUT2D eigenvalue weighted by atomic mass is 16.1. The highest BCUT2D eigenvalue weighted by molar-refractivity contribution is 5.94. The minimum absolute atomic E-state index is 0.194.